The zero-order valence-corrected chi connectivity index (χ0v) is 12.4. The van der Waals surface area contributed by atoms with Gasteiger partial charge in [0.25, 0.3) is 0 Å². The van der Waals surface area contributed by atoms with E-state index in [1.165, 1.54) is 6.42 Å². The van der Waals surface area contributed by atoms with Crippen molar-refractivity contribution >= 4 is 22.6 Å². The second-order valence-electron chi connectivity index (χ2n) is 6.44. The smallest absolute Gasteiger partial charge is 0.336 e. The van der Waals surface area contributed by atoms with Crippen molar-refractivity contribution < 1.29 is 9.90 Å². The highest BCUT2D eigenvalue weighted by Gasteiger charge is 2.41. The molecule has 22 heavy (non-hydrogen) atoms. The summed E-state index contributed by atoms with van der Waals surface area (Å²) in [6.45, 7) is 4.04. The van der Waals surface area contributed by atoms with E-state index in [1.54, 1.807) is 18.3 Å². The lowest BCUT2D eigenvalue weighted by atomic mass is 9.86. The maximum absolute atomic E-state index is 11.6. The lowest BCUT2D eigenvalue weighted by molar-refractivity contribution is 0.0699. The van der Waals surface area contributed by atoms with Gasteiger partial charge in [0, 0.05) is 36.6 Å². The van der Waals surface area contributed by atoms with E-state index >= 15 is 0 Å². The van der Waals surface area contributed by atoms with E-state index in [4.69, 9.17) is 0 Å². The van der Waals surface area contributed by atoms with E-state index in [0.29, 0.717) is 11.0 Å². The monoisotopic (exact) mass is 297 g/mol. The van der Waals surface area contributed by atoms with E-state index in [-0.39, 0.29) is 0 Å². The topological polar surface area (TPSA) is 65.5 Å². The van der Waals surface area contributed by atoms with Crippen LogP contribution in [-0.4, -0.2) is 42.2 Å². The zero-order valence-electron chi connectivity index (χ0n) is 12.4. The van der Waals surface area contributed by atoms with Gasteiger partial charge in [-0.3, -0.25) is 0 Å². The van der Waals surface area contributed by atoms with E-state index < -0.39 is 5.97 Å². The van der Waals surface area contributed by atoms with Crippen molar-refractivity contribution in [2.75, 3.05) is 31.1 Å². The van der Waals surface area contributed by atoms with Gasteiger partial charge in [-0.1, -0.05) is 12.1 Å². The molecule has 0 amide bonds. The lowest BCUT2D eigenvalue weighted by Crippen LogP contribution is -2.29. The van der Waals surface area contributed by atoms with Gasteiger partial charge in [-0.15, -0.1) is 0 Å². The van der Waals surface area contributed by atoms with Gasteiger partial charge >= 0.3 is 5.97 Å². The minimum Gasteiger partial charge on any atom is -0.478 e. The van der Waals surface area contributed by atoms with Crippen LogP contribution in [0.15, 0.2) is 30.5 Å². The highest BCUT2D eigenvalue weighted by molar-refractivity contribution is 6.08. The number of benzene rings is 1. The Morgan fingerprint density at radius 3 is 3.00 bits per heavy atom. The summed E-state index contributed by atoms with van der Waals surface area (Å²) in [5.41, 5.74) is 0.674. The fraction of sp³-hybridized carbons (Fsp3) is 0.412. The highest BCUT2D eigenvalue weighted by atomic mass is 16.4. The number of rotatable bonds is 2. The van der Waals surface area contributed by atoms with Crippen molar-refractivity contribution in [1.82, 2.24) is 10.3 Å². The number of hydrogen-bond donors (Lipinski definition) is 2. The first-order valence-electron chi connectivity index (χ1n) is 7.75. The maximum atomic E-state index is 11.6. The zero-order chi connectivity index (χ0) is 15.2. The van der Waals surface area contributed by atoms with Crippen molar-refractivity contribution in [3.05, 3.63) is 36.0 Å². The Bertz CT molecular complexity index is 733. The van der Waals surface area contributed by atoms with Crippen LogP contribution in [0.1, 0.15) is 23.2 Å². The molecule has 2 aromatic rings. The molecule has 0 saturated carbocycles. The number of aromatic carboxylic acids is 1. The maximum Gasteiger partial charge on any atom is 0.336 e. The summed E-state index contributed by atoms with van der Waals surface area (Å²) in [6.07, 6.45) is 4.12. The molecule has 0 radical (unpaired) electrons. The Kier molecular flexibility index (Phi) is 3.04. The van der Waals surface area contributed by atoms with Crippen LogP contribution < -0.4 is 10.2 Å². The molecule has 1 spiro atoms. The third-order valence-electron chi connectivity index (χ3n) is 5.07. The molecule has 1 aromatic carbocycles. The molecular weight excluding hydrogens is 278 g/mol. The minimum absolute atomic E-state index is 0.335. The molecule has 2 aliphatic heterocycles. The largest absolute Gasteiger partial charge is 0.478 e. The predicted molar refractivity (Wildman–Crippen MR) is 85.5 cm³/mol. The summed E-state index contributed by atoms with van der Waals surface area (Å²) < 4.78 is 0. The number of nitrogens with zero attached hydrogens (tertiary/aromatic N) is 2. The van der Waals surface area contributed by atoms with Gasteiger partial charge in [0.2, 0.25) is 0 Å². The van der Waals surface area contributed by atoms with Crippen molar-refractivity contribution in [1.29, 1.82) is 0 Å². The number of nitrogens with one attached hydrogen (secondary N) is 1. The first-order valence-corrected chi connectivity index (χ1v) is 7.75. The van der Waals surface area contributed by atoms with Crippen LogP contribution in [0.25, 0.3) is 10.8 Å². The average molecular weight is 297 g/mol. The van der Waals surface area contributed by atoms with Crippen molar-refractivity contribution in [3.8, 4) is 0 Å². The Balaban J connectivity index is 1.80. The fourth-order valence-corrected chi connectivity index (χ4v) is 3.89. The average Bonchev–Trinajstić information content (AvgIpc) is 3.16. The molecule has 4 rings (SSSR count). The van der Waals surface area contributed by atoms with Gasteiger partial charge in [-0.2, -0.15) is 0 Å². The molecular formula is C17H19N3O2. The van der Waals surface area contributed by atoms with E-state index in [2.05, 4.69) is 15.2 Å². The fourth-order valence-electron chi connectivity index (χ4n) is 3.89. The van der Waals surface area contributed by atoms with Gasteiger partial charge in [0.15, 0.2) is 0 Å². The number of carbonyl (C=O) groups is 1. The van der Waals surface area contributed by atoms with Crippen LogP contribution >= 0.6 is 0 Å². The second-order valence-corrected chi connectivity index (χ2v) is 6.44. The van der Waals surface area contributed by atoms with Gasteiger partial charge < -0.3 is 15.3 Å². The van der Waals surface area contributed by atoms with Gasteiger partial charge in [-0.25, -0.2) is 9.78 Å². The standard InChI is InChI=1S/C17H19N3O2/c21-16(22)13-3-1-2-12-4-7-19-15(14(12)13)20-9-6-17(11-20)5-8-18-10-17/h1-4,7,18H,5-6,8-11H2,(H,21,22). The molecule has 5 heteroatoms. The number of fused-ring (bicyclic) bond motifs is 1. The summed E-state index contributed by atoms with van der Waals surface area (Å²) in [5, 5.41) is 14.7. The number of carboxylic acid groups (broad SMARTS) is 1. The van der Waals surface area contributed by atoms with E-state index in [0.717, 1.165) is 49.2 Å². The van der Waals surface area contributed by atoms with Crippen LogP contribution in [-0.2, 0) is 0 Å². The third kappa shape index (κ3) is 2.04. The molecule has 5 nitrogen and oxygen atoms in total. The summed E-state index contributed by atoms with van der Waals surface area (Å²) >= 11 is 0. The number of hydrogen-bond acceptors (Lipinski definition) is 4. The summed E-state index contributed by atoms with van der Waals surface area (Å²) in [5.74, 6) is -0.0735. The summed E-state index contributed by atoms with van der Waals surface area (Å²) in [7, 11) is 0. The van der Waals surface area contributed by atoms with Crippen LogP contribution in [0.4, 0.5) is 5.82 Å². The van der Waals surface area contributed by atoms with Gasteiger partial charge in [0.1, 0.15) is 5.82 Å². The number of pyridine rings is 1. The SMILES string of the molecule is O=C(O)c1cccc2ccnc(N3CCC4(CCNC4)C3)c12. The first-order chi connectivity index (χ1) is 10.7. The quantitative estimate of drug-likeness (QED) is 0.889. The molecule has 2 aliphatic rings. The Hall–Kier alpha value is -2.14. The highest BCUT2D eigenvalue weighted by Crippen LogP contribution is 2.39. The Morgan fingerprint density at radius 2 is 2.23 bits per heavy atom. The molecule has 0 aliphatic carbocycles. The molecule has 3 heterocycles. The Morgan fingerprint density at radius 1 is 1.32 bits per heavy atom. The Labute approximate surface area is 129 Å². The van der Waals surface area contributed by atoms with Crippen molar-refractivity contribution in [3.63, 3.8) is 0 Å². The number of carboxylic acids is 1. The van der Waals surface area contributed by atoms with Crippen LogP contribution in [0, 0.1) is 5.41 Å². The number of anilines is 1. The summed E-state index contributed by atoms with van der Waals surface area (Å²) in [4.78, 5) is 18.4. The molecule has 1 unspecified atom stereocenters. The second kappa shape index (κ2) is 4.95. The minimum atomic E-state index is -0.892. The van der Waals surface area contributed by atoms with E-state index in [1.807, 2.05) is 12.1 Å². The molecule has 1 aromatic heterocycles. The van der Waals surface area contributed by atoms with Gasteiger partial charge in [-0.05, 0) is 36.9 Å². The molecule has 1 atom stereocenters. The lowest BCUT2D eigenvalue weighted by Gasteiger charge is -2.24. The van der Waals surface area contributed by atoms with Gasteiger partial charge in [0.05, 0.1) is 5.56 Å². The van der Waals surface area contributed by atoms with Crippen LogP contribution in [0.3, 0.4) is 0 Å². The normalized spacial score (nSPS) is 24.5. The first kappa shape index (κ1) is 13.5. The van der Waals surface area contributed by atoms with Crippen molar-refractivity contribution in [2.24, 2.45) is 5.41 Å². The third-order valence-corrected chi connectivity index (χ3v) is 5.07. The molecule has 2 saturated heterocycles. The summed E-state index contributed by atoms with van der Waals surface area (Å²) in [6, 6.07) is 7.30. The predicted octanol–water partition coefficient (Wildman–Crippen LogP) is 2.12. The van der Waals surface area contributed by atoms with E-state index in [9.17, 15) is 9.90 Å². The molecule has 2 N–H and O–H groups in total. The van der Waals surface area contributed by atoms with Crippen molar-refractivity contribution in [2.45, 2.75) is 12.8 Å². The number of aromatic nitrogens is 1. The van der Waals surface area contributed by atoms with Crippen LogP contribution in [0.5, 0.6) is 0 Å². The molecule has 2 fully saturated rings. The molecule has 0 bridgehead atoms. The van der Waals surface area contributed by atoms with Crippen LogP contribution in [0.2, 0.25) is 0 Å². The molecule has 114 valence electrons.